The molecule has 166 valence electrons. The number of hydrogen-bond acceptors (Lipinski definition) is 4. The first-order valence-electron chi connectivity index (χ1n) is 11.7. The minimum atomic E-state index is 0.176. The van der Waals surface area contributed by atoms with Gasteiger partial charge in [-0.1, -0.05) is 12.1 Å². The van der Waals surface area contributed by atoms with Crippen molar-refractivity contribution in [3.63, 3.8) is 0 Å². The summed E-state index contributed by atoms with van der Waals surface area (Å²) in [6, 6.07) is 13.3. The first-order valence-corrected chi connectivity index (χ1v) is 11.7. The van der Waals surface area contributed by atoms with Crippen LogP contribution in [0.1, 0.15) is 56.2 Å². The van der Waals surface area contributed by atoms with Crippen molar-refractivity contribution >= 4 is 17.5 Å². The van der Waals surface area contributed by atoms with E-state index in [1.165, 1.54) is 62.0 Å². The Morgan fingerprint density at radius 1 is 1.00 bits per heavy atom. The first kappa shape index (κ1) is 21.5. The molecule has 0 spiro atoms. The van der Waals surface area contributed by atoms with Crippen molar-refractivity contribution in [3.8, 4) is 0 Å². The number of anilines is 2. The minimum absolute atomic E-state index is 0.176. The molecule has 2 fully saturated rings. The normalized spacial score (nSPS) is 18.2. The summed E-state index contributed by atoms with van der Waals surface area (Å²) < 4.78 is 0. The van der Waals surface area contributed by atoms with E-state index < -0.39 is 0 Å². The molecule has 1 unspecified atom stereocenters. The third-order valence-electron chi connectivity index (χ3n) is 6.37. The number of nitrogens with zero attached hydrogens (tertiary/aromatic N) is 4. The fraction of sp³-hybridized carbons (Fsp3) is 0.520. The van der Waals surface area contributed by atoms with Crippen molar-refractivity contribution in [2.24, 2.45) is 4.99 Å². The van der Waals surface area contributed by atoms with Crippen LogP contribution in [0.25, 0.3) is 0 Å². The highest BCUT2D eigenvalue weighted by molar-refractivity contribution is 5.80. The van der Waals surface area contributed by atoms with Gasteiger partial charge < -0.3 is 20.4 Å². The summed E-state index contributed by atoms with van der Waals surface area (Å²) in [7, 11) is 1.83. The third kappa shape index (κ3) is 5.69. The minimum Gasteiger partial charge on any atom is -0.372 e. The second-order valence-corrected chi connectivity index (χ2v) is 8.65. The monoisotopic (exact) mass is 420 g/mol. The second-order valence-electron chi connectivity index (χ2n) is 8.65. The van der Waals surface area contributed by atoms with Gasteiger partial charge >= 0.3 is 0 Å². The summed E-state index contributed by atoms with van der Waals surface area (Å²) in [4.78, 5) is 13.9. The van der Waals surface area contributed by atoms with E-state index in [1.807, 2.05) is 13.2 Å². The van der Waals surface area contributed by atoms with Gasteiger partial charge in [0.1, 0.15) is 5.82 Å². The molecule has 31 heavy (non-hydrogen) atoms. The van der Waals surface area contributed by atoms with Crippen molar-refractivity contribution in [1.82, 2.24) is 15.6 Å². The van der Waals surface area contributed by atoms with Crippen LogP contribution in [-0.4, -0.2) is 44.2 Å². The van der Waals surface area contributed by atoms with Crippen molar-refractivity contribution in [2.75, 3.05) is 43.0 Å². The van der Waals surface area contributed by atoms with Gasteiger partial charge in [0, 0.05) is 51.7 Å². The molecule has 0 amide bonds. The predicted octanol–water partition coefficient (Wildman–Crippen LogP) is 4.10. The molecule has 6 heteroatoms. The van der Waals surface area contributed by atoms with E-state index in [4.69, 9.17) is 0 Å². The van der Waals surface area contributed by atoms with Gasteiger partial charge in [-0.05, 0) is 74.4 Å². The SMILES string of the molecule is CN=C(NCc1ccnc(N2CCCCC2)c1)NC(C)c1cccc(N2CCCC2)c1. The third-order valence-corrected chi connectivity index (χ3v) is 6.37. The number of benzene rings is 1. The Kier molecular flexibility index (Phi) is 7.28. The number of rotatable bonds is 6. The molecule has 2 N–H and O–H groups in total. The molecule has 1 aromatic carbocycles. The standard InChI is InChI=1S/C25H36N6/c1-20(22-9-8-10-23(18-22)30-13-6-7-14-30)29-25(26-2)28-19-21-11-12-27-24(17-21)31-15-4-3-5-16-31/h8-12,17-18,20H,3-7,13-16,19H2,1-2H3,(H2,26,28,29). The lowest BCUT2D eigenvalue weighted by atomic mass is 10.1. The van der Waals surface area contributed by atoms with E-state index in [9.17, 15) is 0 Å². The summed E-state index contributed by atoms with van der Waals surface area (Å²) in [5, 5.41) is 7.01. The van der Waals surface area contributed by atoms with Crippen molar-refractivity contribution in [3.05, 3.63) is 53.7 Å². The number of hydrogen-bond donors (Lipinski definition) is 2. The lowest BCUT2D eigenvalue weighted by molar-refractivity contribution is 0.573. The molecule has 2 aliphatic rings. The van der Waals surface area contributed by atoms with Gasteiger partial charge in [-0.2, -0.15) is 0 Å². The van der Waals surface area contributed by atoms with Gasteiger partial charge in [-0.25, -0.2) is 4.98 Å². The Labute approximate surface area is 186 Å². The number of pyridine rings is 1. The van der Waals surface area contributed by atoms with Crippen molar-refractivity contribution in [1.29, 1.82) is 0 Å². The van der Waals surface area contributed by atoms with E-state index in [2.05, 4.69) is 73.7 Å². The zero-order chi connectivity index (χ0) is 21.5. The summed E-state index contributed by atoms with van der Waals surface area (Å²) in [6.07, 6.45) is 8.36. The topological polar surface area (TPSA) is 55.8 Å². The molecule has 4 rings (SSSR count). The number of aromatic nitrogens is 1. The zero-order valence-corrected chi connectivity index (χ0v) is 19.0. The molecule has 2 saturated heterocycles. The number of nitrogens with one attached hydrogen (secondary N) is 2. The fourth-order valence-electron chi connectivity index (χ4n) is 4.50. The van der Waals surface area contributed by atoms with Gasteiger partial charge in [-0.15, -0.1) is 0 Å². The van der Waals surface area contributed by atoms with Crippen LogP contribution in [0.15, 0.2) is 47.6 Å². The molecule has 0 saturated carbocycles. The molecule has 6 nitrogen and oxygen atoms in total. The molecule has 3 heterocycles. The van der Waals surface area contributed by atoms with Gasteiger partial charge in [0.25, 0.3) is 0 Å². The van der Waals surface area contributed by atoms with Crippen molar-refractivity contribution < 1.29 is 0 Å². The highest BCUT2D eigenvalue weighted by atomic mass is 15.2. The molecule has 0 radical (unpaired) electrons. The Balaban J connectivity index is 1.34. The smallest absolute Gasteiger partial charge is 0.191 e. The van der Waals surface area contributed by atoms with E-state index >= 15 is 0 Å². The quantitative estimate of drug-likeness (QED) is 0.544. The van der Waals surface area contributed by atoms with Crippen LogP contribution in [0.2, 0.25) is 0 Å². The number of aliphatic imine (C=N–C) groups is 1. The van der Waals surface area contributed by atoms with Crippen LogP contribution in [0.5, 0.6) is 0 Å². The molecular weight excluding hydrogens is 384 g/mol. The Morgan fingerprint density at radius 3 is 2.52 bits per heavy atom. The largest absolute Gasteiger partial charge is 0.372 e. The Morgan fingerprint density at radius 2 is 1.74 bits per heavy atom. The average molecular weight is 421 g/mol. The van der Waals surface area contributed by atoms with E-state index in [0.29, 0.717) is 0 Å². The molecule has 0 bridgehead atoms. The van der Waals surface area contributed by atoms with Crippen LogP contribution in [-0.2, 0) is 6.54 Å². The Bertz CT molecular complexity index is 868. The molecule has 2 aliphatic heterocycles. The van der Waals surface area contributed by atoms with Gasteiger partial charge in [0.2, 0.25) is 0 Å². The summed E-state index contributed by atoms with van der Waals surface area (Å²) in [5.74, 6) is 1.91. The van der Waals surface area contributed by atoms with Crippen LogP contribution >= 0.6 is 0 Å². The maximum absolute atomic E-state index is 4.59. The average Bonchev–Trinajstić information content (AvgIpc) is 3.37. The van der Waals surface area contributed by atoms with Gasteiger partial charge in [0.15, 0.2) is 5.96 Å². The molecular formula is C25H36N6. The van der Waals surface area contributed by atoms with E-state index in [1.54, 1.807) is 0 Å². The first-order chi connectivity index (χ1) is 15.2. The van der Waals surface area contributed by atoms with Crippen LogP contribution < -0.4 is 20.4 Å². The molecule has 1 aromatic heterocycles. The van der Waals surface area contributed by atoms with E-state index in [0.717, 1.165) is 31.4 Å². The van der Waals surface area contributed by atoms with Crippen LogP contribution in [0.4, 0.5) is 11.5 Å². The van der Waals surface area contributed by atoms with Crippen molar-refractivity contribution in [2.45, 2.75) is 51.6 Å². The number of piperidine rings is 1. The number of guanidine groups is 1. The lowest BCUT2D eigenvalue weighted by Crippen LogP contribution is -2.38. The van der Waals surface area contributed by atoms with Crippen LogP contribution in [0.3, 0.4) is 0 Å². The second kappa shape index (κ2) is 10.5. The molecule has 0 aliphatic carbocycles. The summed E-state index contributed by atoms with van der Waals surface area (Å²) in [6.45, 7) is 7.47. The van der Waals surface area contributed by atoms with E-state index in [-0.39, 0.29) is 6.04 Å². The maximum atomic E-state index is 4.59. The van der Waals surface area contributed by atoms with Gasteiger partial charge in [-0.3, -0.25) is 4.99 Å². The zero-order valence-electron chi connectivity index (χ0n) is 19.0. The van der Waals surface area contributed by atoms with Gasteiger partial charge in [0.05, 0.1) is 6.04 Å². The highest BCUT2D eigenvalue weighted by Gasteiger charge is 2.15. The summed E-state index contributed by atoms with van der Waals surface area (Å²) >= 11 is 0. The Hall–Kier alpha value is -2.76. The molecule has 2 aromatic rings. The van der Waals surface area contributed by atoms with Crippen LogP contribution in [0, 0.1) is 0 Å². The summed E-state index contributed by atoms with van der Waals surface area (Å²) in [5.41, 5.74) is 3.83. The highest BCUT2D eigenvalue weighted by Crippen LogP contribution is 2.24. The predicted molar refractivity (Wildman–Crippen MR) is 130 cm³/mol. The fourth-order valence-corrected chi connectivity index (χ4v) is 4.50. The lowest BCUT2D eigenvalue weighted by Gasteiger charge is -2.28. The molecule has 1 atom stereocenters. The maximum Gasteiger partial charge on any atom is 0.191 e.